The molecule has 1 aromatic carbocycles. The Morgan fingerprint density at radius 2 is 1.71 bits per heavy atom. The number of halogens is 1. The van der Waals surface area contributed by atoms with Crippen molar-refractivity contribution >= 4 is 33.5 Å². The first kappa shape index (κ1) is 15.8. The van der Waals surface area contributed by atoms with Gasteiger partial charge in [-0.3, -0.25) is 0 Å². The van der Waals surface area contributed by atoms with Gasteiger partial charge in [-0.1, -0.05) is 15.9 Å². The monoisotopic (exact) mass is 351 g/mol. The molecule has 2 unspecified atom stereocenters. The van der Waals surface area contributed by atoms with Crippen LogP contribution in [0.1, 0.15) is 33.1 Å². The fraction of sp³-hybridized carbons (Fsp3) is 0.467. The summed E-state index contributed by atoms with van der Waals surface area (Å²) >= 11 is 3.38. The van der Waals surface area contributed by atoms with Gasteiger partial charge in [0.1, 0.15) is 0 Å². The second kappa shape index (κ2) is 6.93. The minimum atomic E-state index is 0.180. The van der Waals surface area contributed by atoms with E-state index in [-0.39, 0.29) is 5.96 Å². The quantitative estimate of drug-likeness (QED) is 0.602. The van der Waals surface area contributed by atoms with Crippen molar-refractivity contribution in [2.24, 2.45) is 21.5 Å². The van der Waals surface area contributed by atoms with Crippen molar-refractivity contribution in [1.29, 1.82) is 0 Å². The van der Waals surface area contributed by atoms with Crippen LogP contribution >= 0.6 is 15.9 Å². The van der Waals surface area contributed by atoms with Gasteiger partial charge in [-0.15, -0.1) is 0 Å². The molecule has 0 spiro atoms. The molecule has 1 aromatic rings. The van der Waals surface area contributed by atoms with E-state index in [1.54, 1.807) is 0 Å². The number of rotatable bonds is 1. The summed E-state index contributed by atoms with van der Waals surface area (Å²) in [5.74, 6) is 0.632. The van der Waals surface area contributed by atoms with E-state index in [4.69, 9.17) is 11.5 Å². The maximum atomic E-state index is 6.12. The third-order valence-electron chi connectivity index (χ3n) is 3.76. The fourth-order valence-electron chi connectivity index (χ4n) is 2.72. The molecule has 2 rings (SSSR count). The molecule has 6 heteroatoms. The predicted molar refractivity (Wildman–Crippen MR) is 91.7 cm³/mol. The highest BCUT2D eigenvalue weighted by molar-refractivity contribution is 9.10. The minimum absolute atomic E-state index is 0.180. The second-order valence-electron chi connectivity index (χ2n) is 5.45. The van der Waals surface area contributed by atoms with E-state index in [9.17, 15) is 0 Å². The maximum absolute atomic E-state index is 6.12. The van der Waals surface area contributed by atoms with Gasteiger partial charge in [-0.25, -0.2) is 4.99 Å². The lowest BCUT2D eigenvalue weighted by Crippen LogP contribution is -2.51. The van der Waals surface area contributed by atoms with Gasteiger partial charge in [0, 0.05) is 16.6 Å². The number of likely N-dealkylation sites (tertiary alicyclic amines) is 1. The lowest BCUT2D eigenvalue weighted by atomic mass is 9.98. The minimum Gasteiger partial charge on any atom is -0.369 e. The molecule has 114 valence electrons. The molecule has 0 amide bonds. The molecule has 1 saturated heterocycles. The standard InChI is InChI=1S/C15H22BrN5/c1-10-4-3-5-11(2)21(10)15(18)20-14(17)19-13-8-6-12(16)7-9-13/h6-11H,3-5H2,1-2H3,(H4,17,18,19,20). The van der Waals surface area contributed by atoms with Crippen LogP contribution in [0.25, 0.3) is 0 Å². The molecule has 21 heavy (non-hydrogen) atoms. The van der Waals surface area contributed by atoms with Gasteiger partial charge in [-0.05, 0) is 57.4 Å². The molecule has 0 aliphatic carbocycles. The molecule has 1 aliphatic rings. The summed E-state index contributed by atoms with van der Waals surface area (Å²) < 4.78 is 0.999. The van der Waals surface area contributed by atoms with Crippen molar-refractivity contribution in [2.75, 3.05) is 0 Å². The van der Waals surface area contributed by atoms with Crippen molar-refractivity contribution in [3.8, 4) is 0 Å². The molecule has 1 heterocycles. The Balaban J connectivity index is 2.15. The van der Waals surface area contributed by atoms with E-state index >= 15 is 0 Å². The van der Waals surface area contributed by atoms with Crippen LogP contribution in [-0.2, 0) is 0 Å². The Bertz CT molecular complexity index is 527. The number of hydrogen-bond donors (Lipinski definition) is 2. The topological polar surface area (TPSA) is 80.0 Å². The van der Waals surface area contributed by atoms with Gasteiger partial charge < -0.3 is 16.4 Å². The molecule has 2 atom stereocenters. The predicted octanol–water partition coefficient (Wildman–Crippen LogP) is 2.97. The zero-order valence-electron chi connectivity index (χ0n) is 12.5. The zero-order valence-corrected chi connectivity index (χ0v) is 14.0. The SMILES string of the molecule is CC1CCCC(C)N1C(N)=NC(N)=Nc1ccc(Br)cc1. The second-order valence-corrected chi connectivity index (χ2v) is 6.37. The van der Waals surface area contributed by atoms with Crippen LogP contribution in [0, 0.1) is 0 Å². The van der Waals surface area contributed by atoms with E-state index in [2.05, 4.69) is 44.7 Å². The van der Waals surface area contributed by atoms with E-state index in [0.29, 0.717) is 18.0 Å². The van der Waals surface area contributed by atoms with Crippen molar-refractivity contribution < 1.29 is 0 Å². The molecule has 0 radical (unpaired) electrons. The van der Waals surface area contributed by atoms with Crippen LogP contribution in [-0.4, -0.2) is 28.9 Å². The van der Waals surface area contributed by atoms with Crippen LogP contribution in [0.15, 0.2) is 38.7 Å². The summed E-state index contributed by atoms with van der Waals surface area (Å²) in [5.41, 5.74) is 12.8. The summed E-state index contributed by atoms with van der Waals surface area (Å²) in [5, 5.41) is 0. The highest BCUT2D eigenvalue weighted by Gasteiger charge is 2.26. The summed E-state index contributed by atoms with van der Waals surface area (Å²) in [4.78, 5) is 10.7. The number of hydrogen-bond acceptors (Lipinski definition) is 1. The average Bonchev–Trinajstić information content (AvgIpc) is 2.41. The Morgan fingerprint density at radius 3 is 2.29 bits per heavy atom. The Kier molecular flexibility index (Phi) is 5.22. The third kappa shape index (κ3) is 4.20. The number of nitrogens with two attached hydrogens (primary N) is 2. The summed E-state index contributed by atoms with van der Waals surface area (Å²) in [7, 11) is 0. The first-order valence-corrected chi connectivity index (χ1v) is 7.99. The Morgan fingerprint density at radius 1 is 1.14 bits per heavy atom. The molecular weight excluding hydrogens is 330 g/mol. The molecule has 1 fully saturated rings. The van der Waals surface area contributed by atoms with E-state index in [1.165, 1.54) is 6.42 Å². The first-order valence-electron chi connectivity index (χ1n) is 7.19. The smallest absolute Gasteiger partial charge is 0.223 e. The maximum Gasteiger partial charge on any atom is 0.223 e. The number of aliphatic imine (C=N–C) groups is 2. The molecule has 0 saturated carbocycles. The lowest BCUT2D eigenvalue weighted by molar-refractivity contribution is 0.189. The highest BCUT2D eigenvalue weighted by atomic mass is 79.9. The van der Waals surface area contributed by atoms with Crippen LogP contribution in [0.3, 0.4) is 0 Å². The summed E-state index contributed by atoms with van der Waals surface area (Å²) in [6.45, 7) is 4.33. The average molecular weight is 352 g/mol. The van der Waals surface area contributed by atoms with Gasteiger partial charge in [0.05, 0.1) is 5.69 Å². The number of guanidine groups is 2. The highest BCUT2D eigenvalue weighted by Crippen LogP contribution is 2.22. The Hall–Kier alpha value is -1.56. The van der Waals surface area contributed by atoms with E-state index < -0.39 is 0 Å². The van der Waals surface area contributed by atoms with Crippen molar-refractivity contribution in [3.05, 3.63) is 28.7 Å². The Labute approximate surface area is 134 Å². The van der Waals surface area contributed by atoms with Crippen molar-refractivity contribution in [3.63, 3.8) is 0 Å². The van der Waals surface area contributed by atoms with Crippen LogP contribution in [0.2, 0.25) is 0 Å². The van der Waals surface area contributed by atoms with Crippen molar-refractivity contribution in [1.82, 2.24) is 4.90 Å². The summed E-state index contributed by atoms with van der Waals surface area (Å²) in [6, 6.07) is 8.34. The molecule has 5 nitrogen and oxygen atoms in total. The van der Waals surface area contributed by atoms with Gasteiger partial charge in [0.25, 0.3) is 0 Å². The largest absolute Gasteiger partial charge is 0.369 e. The van der Waals surface area contributed by atoms with Gasteiger partial charge >= 0.3 is 0 Å². The van der Waals surface area contributed by atoms with Crippen LogP contribution < -0.4 is 11.5 Å². The molecule has 4 N–H and O–H groups in total. The fourth-order valence-corrected chi connectivity index (χ4v) is 2.99. The van der Waals surface area contributed by atoms with Gasteiger partial charge in [0.15, 0.2) is 5.96 Å². The normalized spacial score (nSPS) is 24.2. The molecule has 0 bridgehead atoms. The van der Waals surface area contributed by atoms with Gasteiger partial charge in [-0.2, -0.15) is 4.99 Å². The summed E-state index contributed by atoms with van der Waals surface area (Å²) in [6.07, 6.45) is 3.49. The first-order chi connectivity index (χ1) is 9.97. The van der Waals surface area contributed by atoms with Gasteiger partial charge in [0.2, 0.25) is 5.96 Å². The molecule has 1 aliphatic heterocycles. The van der Waals surface area contributed by atoms with Crippen molar-refractivity contribution in [2.45, 2.75) is 45.2 Å². The number of piperidine rings is 1. The van der Waals surface area contributed by atoms with Crippen LogP contribution in [0.4, 0.5) is 5.69 Å². The van der Waals surface area contributed by atoms with Crippen LogP contribution in [0.5, 0.6) is 0 Å². The molecular formula is C15H22BrN5. The van der Waals surface area contributed by atoms with E-state index in [0.717, 1.165) is 23.0 Å². The van der Waals surface area contributed by atoms with E-state index in [1.807, 2.05) is 24.3 Å². The zero-order chi connectivity index (χ0) is 15.4. The third-order valence-corrected chi connectivity index (χ3v) is 4.29. The number of nitrogens with zero attached hydrogens (tertiary/aromatic N) is 3. The molecule has 0 aromatic heterocycles. The lowest BCUT2D eigenvalue weighted by Gasteiger charge is -2.39. The number of benzene rings is 1.